The summed E-state index contributed by atoms with van der Waals surface area (Å²) >= 11 is 1.61. The van der Waals surface area contributed by atoms with Crippen molar-refractivity contribution in [2.75, 3.05) is 13.7 Å². The minimum absolute atomic E-state index is 0.836. The summed E-state index contributed by atoms with van der Waals surface area (Å²) in [4.78, 5) is 1.21. The van der Waals surface area contributed by atoms with Crippen LogP contribution in [0, 0.1) is 0 Å². The zero-order chi connectivity index (χ0) is 8.39. The van der Waals surface area contributed by atoms with E-state index in [0.717, 1.165) is 18.8 Å². The molecular formula is C9H11NOS. The fourth-order valence-electron chi connectivity index (χ4n) is 1.33. The van der Waals surface area contributed by atoms with Crippen LogP contribution >= 0.6 is 11.9 Å². The van der Waals surface area contributed by atoms with Gasteiger partial charge in [-0.15, -0.1) is 0 Å². The molecule has 0 spiro atoms. The lowest BCUT2D eigenvalue weighted by atomic mass is 10.2. The maximum absolute atomic E-state index is 5.44. The Hall–Kier alpha value is -0.670. The van der Waals surface area contributed by atoms with E-state index in [0.29, 0.717) is 0 Å². The summed E-state index contributed by atoms with van der Waals surface area (Å²) < 4.78 is 8.48. The highest BCUT2D eigenvalue weighted by molar-refractivity contribution is 7.97. The van der Waals surface area contributed by atoms with Crippen molar-refractivity contribution in [2.45, 2.75) is 11.3 Å². The summed E-state index contributed by atoms with van der Waals surface area (Å²) in [5.74, 6) is 1.05. The maximum atomic E-state index is 5.44. The van der Waals surface area contributed by atoms with E-state index in [1.54, 1.807) is 11.9 Å². The molecule has 1 aliphatic heterocycles. The normalized spacial score (nSPS) is 14.1. The van der Waals surface area contributed by atoms with Gasteiger partial charge < -0.3 is 4.74 Å². The van der Waals surface area contributed by atoms with Crippen molar-refractivity contribution in [2.24, 2.45) is 0 Å². The van der Waals surface area contributed by atoms with Crippen LogP contribution in [0.1, 0.15) is 5.56 Å². The second-order valence-electron chi connectivity index (χ2n) is 2.67. The number of ether oxygens (including phenoxy) is 1. The first-order valence-corrected chi connectivity index (χ1v) is 4.81. The lowest BCUT2D eigenvalue weighted by Crippen LogP contribution is -1.90. The molecule has 0 aliphatic carbocycles. The predicted octanol–water partition coefficient (Wildman–Crippen LogP) is 1.85. The Morgan fingerprint density at radius 2 is 2.42 bits per heavy atom. The number of benzene rings is 1. The Bertz CT molecular complexity index is 288. The van der Waals surface area contributed by atoms with E-state index < -0.39 is 0 Å². The van der Waals surface area contributed by atoms with Gasteiger partial charge in [-0.1, -0.05) is 6.07 Å². The lowest BCUT2D eigenvalue weighted by Gasteiger charge is -2.02. The van der Waals surface area contributed by atoms with Crippen LogP contribution in [-0.4, -0.2) is 13.7 Å². The molecular weight excluding hydrogens is 170 g/mol. The number of hydrogen-bond acceptors (Lipinski definition) is 3. The minimum Gasteiger partial charge on any atom is -0.493 e. The molecule has 0 aromatic heterocycles. The number of fused-ring (bicyclic) bond motifs is 1. The Morgan fingerprint density at radius 3 is 3.25 bits per heavy atom. The van der Waals surface area contributed by atoms with E-state index in [2.05, 4.69) is 22.9 Å². The van der Waals surface area contributed by atoms with Crippen LogP contribution in [-0.2, 0) is 6.42 Å². The second-order valence-corrected chi connectivity index (χ2v) is 3.76. The molecule has 3 heteroatoms. The summed E-state index contributed by atoms with van der Waals surface area (Å²) in [5.41, 5.74) is 1.33. The molecule has 2 nitrogen and oxygen atoms in total. The van der Waals surface area contributed by atoms with Crippen molar-refractivity contribution in [3.05, 3.63) is 23.8 Å². The SMILES string of the molecule is CNSc1ccc2c(c1)OCC2. The van der Waals surface area contributed by atoms with Crippen LogP contribution in [0.3, 0.4) is 0 Å². The third kappa shape index (κ3) is 1.42. The largest absolute Gasteiger partial charge is 0.493 e. The van der Waals surface area contributed by atoms with Gasteiger partial charge in [-0.05, 0) is 36.7 Å². The van der Waals surface area contributed by atoms with Crippen molar-refractivity contribution < 1.29 is 4.74 Å². The summed E-state index contributed by atoms with van der Waals surface area (Å²) in [6.45, 7) is 0.836. The molecule has 2 rings (SSSR count). The van der Waals surface area contributed by atoms with E-state index >= 15 is 0 Å². The van der Waals surface area contributed by atoms with E-state index in [1.165, 1.54) is 10.5 Å². The quantitative estimate of drug-likeness (QED) is 0.703. The number of rotatable bonds is 2. The molecule has 1 heterocycles. The molecule has 0 unspecified atom stereocenters. The maximum Gasteiger partial charge on any atom is 0.123 e. The zero-order valence-corrected chi connectivity index (χ0v) is 7.78. The molecule has 1 aromatic rings. The Kier molecular flexibility index (Phi) is 2.23. The minimum atomic E-state index is 0.836. The molecule has 0 saturated heterocycles. The van der Waals surface area contributed by atoms with Gasteiger partial charge in [0, 0.05) is 11.3 Å². The summed E-state index contributed by atoms with van der Waals surface area (Å²) in [6.07, 6.45) is 1.06. The molecule has 1 aliphatic rings. The summed E-state index contributed by atoms with van der Waals surface area (Å²) in [6, 6.07) is 6.35. The Balaban J connectivity index is 2.26. The van der Waals surface area contributed by atoms with E-state index in [9.17, 15) is 0 Å². The Labute approximate surface area is 76.4 Å². The van der Waals surface area contributed by atoms with Crippen LogP contribution in [0.4, 0.5) is 0 Å². The highest BCUT2D eigenvalue weighted by Gasteiger charge is 2.11. The highest BCUT2D eigenvalue weighted by atomic mass is 32.2. The van der Waals surface area contributed by atoms with Gasteiger partial charge in [0.15, 0.2) is 0 Å². The molecule has 64 valence electrons. The van der Waals surface area contributed by atoms with Crippen molar-refractivity contribution in [3.63, 3.8) is 0 Å². The van der Waals surface area contributed by atoms with E-state index in [1.807, 2.05) is 7.05 Å². The molecule has 1 N–H and O–H groups in total. The van der Waals surface area contributed by atoms with Gasteiger partial charge in [0.2, 0.25) is 0 Å². The fraction of sp³-hybridized carbons (Fsp3) is 0.333. The average Bonchev–Trinajstić information content (AvgIpc) is 2.51. The van der Waals surface area contributed by atoms with Gasteiger partial charge in [-0.3, -0.25) is 4.72 Å². The third-order valence-corrected chi connectivity index (χ3v) is 2.58. The molecule has 0 fully saturated rings. The molecule has 0 radical (unpaired) electrons. The van der Waals surface area contributed by atoms with Gasteiger partial charge in [0.05, 0.1) is 6.61 Å². The van der Waals surface area contributed by atoms with Crippen LogP contribution in [0.25, 0.3) is 0 Å². The third-order valence-electron chi connectivity index (χ3n) is 1.89. The van der Waals surface area contributed by atoms with Crippen molar-refractivity contribution in [1.82, 2.24) is 4.72 Å². The van der Waals surface area contributed by atoms with Crippen LogP contribution in [0.2, 0.25) is 0 Å². The van der Waals surface area contributed by atoms with E-state index in [4.69, 9.17) is 4.74 Å². The smallest absolute Gasteiger partial charge is 0.123 e. The van der Waals surface area contributed by atoms with Gasteiger partial charge in [-0.2, -0.15) is 0 Å². The first-order chi connectivity index (χ1) is 5.90. The molecule has 12 heavy (non-hydrogen) atoms. The molecule has 0 atom stereocenters. The molecule has 1 aromatic carbocycles. The second kappa shape index (κ2) is 3.37. The first kappa shape index (κ1) is 7.95. The predicted molar refractivity (Wildman–Crippen MR) is 50.6 cm³/mol. The van der Waals surface area contributed by atoms with Gasteiger partial charge in [-0.25, -0.2) is 0 Å². The fourth-order valence-corrected chi connectivity index (χ4v) is 1.87. The molecule has 0 amide bonds. The average molecular weight is 181 g/mol. The lowest BCUT2D eigenvalue weighted by molar-refractivity contribution is 0.356. The zero-order valence-electron chi connectivity index (χ0n) is 6.96. The van der Waals surface area contributed by atoms with Crippen molar-refractivity contribution in [3.8, 4) is 5.75 Å². The highest BCUT2D eigenvalue weighted by Crippen LogP contribution is 2.29. The first-order valence-electron chi connectivity index (χ1n) is 3.99. The molecule has 0 bridgehead atoms. The summed E-state index contributed by atoms with van der Waals surface area (Å²) in [5, 5.41) is 0. The van der Waals surface area contributed by atoms with Crippen LogP contribution in [0.5, 0.6) is 5.75 Å². The number of nitrogens with one attached hydrogen (secondary N) is 1. The number of hydrogen-bond donors (Lipinski definition) is 1. The summed E-state index contributed by atoms with van der Waals surface area (Å²) in [7, 11) is 1.92. The van der Waals surface area contributed by atoms with Gasteiger partial charge in [0.25, 0.3) is 0 Å². The van der Waals surface area contributed by atoms with Gasteiger partial charge >= 0.3 is 0 Å². The van der Waals surface area contributed by atoms with Gasteiger partial charge in [0.1, 0.15) is 5.75 Å². The van der Waals surface area contributed by atoms with E-state index in [-0.39, 0.29) is 0 Å². The topological polar surface area (TPSA) is 21.3 Å². The van der Waals surface area contributed by atoms with Crippen LogP contribution in [0.15, 0.2) is 23.1 Å². The van der Waals surface area contributed by atoms with Crippen molar-refractivity contribution >= 4 is 11.9 Å². The van der Waals surface area contributed by atoms with Crippen molar-refractivity contribution in [1.29, 1.82) is 0 Å². The standard InChI is InChI=1S/C9H11NOS/c1-10-12-8-3-2-7-4-5-11-9(7)6-8/h2-3,6,10H,4-5H2,1H3. The monoisotopic (exact) mass is 181 g/mol. The molecule has 0 saturated carbocycles. The Morgan fingerprint density at radius 1 is 1.50 bits per heavy atom. The van der Waals surface area contributed by atoms with Crippen LogP contribution < -0.4 is 9.46 Å².